The van der Waals surface area contributed by atoms with Crippen LogP contribution < -0.4 is 15.4 Å². The van der Waals surface area contributed by atoms with Crippen molar-refractivity contribution < 1.29 is 8.42 Å². The largest absolute Gasteiger partial charge is 0.363 e. The van der Waals surface area contributed by atoms with Gasteiger partial charge in [0.2, 0.25) is 0 Å². The zero-order valence-corrected chi connectivity index (χ0v) is 14.6. The molecule has 2 rings (SSSR count). The van der Waals surface area contributed by atoms with Gasteiger partial charge in [-0.2, -0.15) is 0 Å². The normalized spacial score (nSPS) is 10.9. The number of aryl methyl sites for hydroxylation is 1. The third kappa shape index (κ3) is 4.67. The van der Waals surface area contributed by atoms with Crippen LogP contribution in [-0.2, 0) is 10.0 Å². The lowest BCUT2D eigenvalue weighted by Crippen LogP contribution is -2.28. The van der Waals surface area contributed by atoms with Crippen molar-refractivity contribution in [3.05, 3.63) is 54.1 Å². The average Bonchev–Trinajstić information content (AvgIpc) is 2.50. The fourth-order valence-electron chi connectivity index (χ4n) is 2.02. The third-order valence-corrected chi connectivity index (χ3v) is 4.87. The van der Waals surface area contributed by atoms with Gasteiger partial charge in [0.05, 0.1) is 4.90 Å². The van der Waals surface area contributed by atoms with Gasteiger partial charge in [0, 0.05) is 17.9 Å². The Hall–Kier alpha value is -2.12. The quantitative estimate of drug-likeness (QED) is 0.724. The first kappa shape index (κ1) is 17.2. The van der Waals surface area contributed by atoms with Crippen LogP contribution in [0.15, 0.2) is 53.4 Å². The van der Waals surface area contributed by atoms with E-state index in [9.17, 15) is 8.42 Å². The second kappa shape index (κ2) is 7.43. The zero-order valence-electron chi connectivity index (χ0n) is 13.0. The predicted molar refractivity (Wildman–Crippen MR) is 98.3 cm³/mol. The van der Waals surface area contributed by atoms with Crippen LogP contribution in [0.1, 0.15) is 12.5 Å². The van der Waals surface area contributed by atoms with Crippen LogP contribution >= 0.6 is 12.2 Å². The summed E-state index contributed by atoms with van der Waals surface area (Å²) in [6.45, 7) is 4.38. The average molecular weight is 349 g/mol. The molecule has 0 aliphatic heterocycles. The molecule has 3 N–H and O–H groups in total. The standard InChI is InChI=1S/C16H19N3O2S2/c1-3-17-16(22)18-14-10-9-12(2)15(11-14)23(20,21)19-13-7-5-4-6-8-13/h4-11,19H,3H2,1-2H3,(H2,17,18,22). The number of benzene rings is 2. The van der Waals surface area contributed by atoms with E-state index in [0.29, 0.717) is 28.6 Å². The van der Waals surface area contributed by atoms with Crippen molar-refractivity contribution in [2.45, 2.75) is 18.7 Å². The maximum absolute atomic E-state index is 12.6. The second-order valence-corrected chi connectivity index (χ2v) is 7.00. The number of para-hydroxylation sites is 1. The minimum atomic E-state index is -3.67. The molecular formula is C16H19N3O2S2. The number of sulfonamides is 1. The van der Waals surface area contributed by atoms with Gasteiger partial charge in [-0.3, -0.25) is 4.72 Å². The first-order valence-corrected chi connectivity index (χ1v) is 9.05. The summed E-state index contributed by atoms with van der Waals surface area (Å²) in [7, 11) is -3.67. The van der Waals surface area contributed by atoms with Gasteiger partial charge in [-0.25, -0.2) is 8.42 Å². The zero-order chi connectivity index (χ0) is 16.9. The molecule has 2 aromatic carbocycles. The first-order chi connectivity index (χ1) is 10.9. The fraction of sp³-hybridized carbons (Fsp3) is 0.188. The van der Waals surface area contributed by atoms with Crippen molar-refractivity contribution in [1.82, 2.24) is 5.32 Å². The Morgan fingerprint density at radius 2 is 1.78 bits per heavy atom. The van der Waals surface area contributed by atoms with E-state index in [1.54, 1.807) is 49.4 Å². The van der Waals surface area contributed by atoms with Gasteiger partial charge in [-0.1, -0.05) is 24.3 Å². The van der Waals surface area contributed by atoms with Crippen molar-refractivity contribution in [3.8, 4) is 0 Å². The molecule has 5 nitrogen and oxygen atoms in total. The van der Waals surface area contributed by atoms with Gasteiger partial charge < -0.3 is 10.6 Å². The summed E-state index contributed by atoms with van der Waals surface area (Å²) in [6.07, 6.45) is 0. The summed E-state index contributed by atoms with van der Waals surface area (Å²) in [5.41, 5.74) is 1.80. The Morgan fingerprint density at radius 3 is 2.43 bits per heavy atom. The highest BCUT2D eigenvalue weighted by Crippen LogP contribution is 2.22. The van der Waals surface area contributed by atoms with Gasteiger partial charge in [-0.05, 0) is 55.9 Å². The van der Waals surface area contributed by atoms with Gasteiger partial charge in [0.25, 0.3) is 10.0 Å². The minimum absolute atomic E-state index is 0.214. The van der Waals surface area contributed by atoms with Crippen LogP contribution in [0.25, 0.3) is 0 Å². The number of hydrogen-bond donors (Lipinski definition) is 3. The molecule has 0 atom stereocenters. The van der Waals surface area contributed by atoms with Crippen molar-refractivity contribution in [2.75, 3.05) is 16.6 Å². The number of thiocarbonyl (C=S) groups is 1. The maximum Gasteiger partial charge on any atom is 0.262 e. The van der Waals surface area contributed by atoms with Crippen LogP contribution in [0.3, 0.4) is 0 Å². The minimum Gasteiger partial charge on any atom is -0.363 e. The Labute approximate surface area is 142 Å². The molecule has 7 heteroatoms. The Morgan fingerprint density at radius 1 is 1.09 bits per heavy atom. The molecule has 0 bridgehead atoms. The highest BCUT2D eigenvalue weighted by molar-refractivity contribution is 7.92. The summed E-state index contributed by atoms with van der Waals surface area (Å²) in [5, 5.41) is 6.39. The van der Waals surface area contributed by atoms with Gasteiger partial charge in [0.15, 0.2) is 5.11 Å². The highest BCUT2D eigenvalue weighted by atomic mass is 32.2. The third-order valence-electron chi connectivity index (χ3n) is 3.10. The van der Waals surface area contributed by atoms with E-state index >= 15 is 0 Å². The van der Waals surface area contributed by atoms with Crippen molar-refractivity contribution in [3.63, 3.8) is 0 Å². The molecule has 0 aromatic heterocycles. The van der Waals surface area contributed by atoms with Crippen LogP contribution in [0.4, 0.5) is 11.4 Å². The lowest BCUT2D eigenvalue weighted by molar-refractivity contribution is 0.600. The molecule has 0 aliphatic rings. The molecule has 122 valence electrons. The number of nitrogens with one attached hydrogen (secondary N) is 3. The van der Waals surface area contributed by atoms with E-state index in [0.717, 1.165) is 0 Å². The molecule has 0 saturated carbocycles. The van der Waals surface area contributed by atoms with Crippen LogP contribution in [0.2, 0.25) is 0 Å². The molecule has 23 heavy (non-hydrogen) atoms. The number of rotatable bonds is 5. The SMILES string of the molecule is CCNC(=S)Nc1ccc(C)c(S(=O)(=O)Nc2ccccc2)c1. The monoisotopic (exact) mass is 349 g/mol. The van der Waals surface area contributed by atoms with E-state index in [2.05, 4.69) is 15.4 Å². The fourth-order valence-corrected chi connectivity index (χ4v) is 3.61. The maximum atomic E-state index is 12.6. The van der Waals surface area contributed by atoms with Gasteiger partial charge in [0.1, 0.15) is 0 Å². The topological polar surface area (TPSA) is 70.2 Å². The Kier molecular flexibility index (Phi) is 5.57. The Bertz CT molecular complexity index is 790. The van der Waals surface area contributed by atoms with Gasteiger partial charge in [-0.15, -0.1) is 0 Å². The Balaban J connectivity index is 2.28. The van der Waals surface area contributed by atoms with Crippen LogP contribution in [0.5, 0.6) is 0 Å². The number of hydrogen-bond acceptors (Lipinski definition) is 3. The molecule has 0 unspecified atom stereocenters. The lowest BCUT2D eigenvalue weighted by atomic mass is 10.2. The van der Waals surface area contributed by atoms with Gasteiger partial charge >= 0.3 is 0 Å². The predicted octanol–water partition coefficient (Wildman–Crippen LogP) is 3.10. The molecule has 0 spiro atoms. The van der Waals surface area contributed by atoms with Crippen molar-refractivity contribution in [1.29, 1.82) is 0 Å². The van der Waals surface area contributed by atoms with E-state index in [4.69, 9.17) is 12.2 Å². The summed E-state index contributed by atoms with van der Waals surface area (Å²) >= 11 is 5.12. The van der Waals surface area contributed by atoms with Crippen LogP contribution in [-0.4, -0.2) is 20.1 Å². The first-order valence-electron chi connectivity index (χ1n) is 7.16. The molecule has 0 fully saturated rings. The number of anilines is 2. The molecule has 0 amide bonds. The molecule has 0 radical (unpaired) electrons. The molecule has 0 heterocycles. The van der Waals surface area contributed by atoms with Crippen molar-refractivity contribution in [2.24, 2.45) is 0 Å². The van der Waals surface area contributed by atoms with E-state index in [-0.39, 0.29) is 4.90 Å². The van der Waals surface area contributed by atoms with Crippen molar-refractivity contribution >= 4 is 38.7 Å². The van der Waals surface area contributed by atoms with E-state index in [1.165, 1.54) is 0 Å². The lowest BCUT2D eigenvalue weighted by Gasteiger charge is -2.13. The molecular weight excluding hydrogens is 330 g/mol. The molecule has 2 aromatic rings. The molecule has 0 aliphatic carbocycles. The smallest absolute Gasteiger partial charge is 0.262 e. The van der Waals surface area contributed by atoms with E-state index < -0.39 is 10.0 Å². The molecule has 0 saturated heterocycles. The summed E-state index contributed by atoms with van der Waals surface area (Å²) in [6, 6.07) is 13.9. The summed E-state index contributed by atoms with van der Waals surface area (Å²) < 4.78 is 27.8. The van der Waals surface area contributed by atoms with Crippen LogP contribution in [0, 0.1) is 6.92 Å². The second-order valence-electron chi connectivity index (χ2n) is 4.94. The summed E-state index contributed by atoms with van der Waals surface area (Å²) in [4.78, 5) is 0.214. The summed E-state index contributed by atoms with van der Waals surface area (Å²) in [5.74, 6) is 0. The van der Waals surface area contributed by atoms with E-state index in [1.807, 2.05) is 13.0 Å². The highest BCUT2D eigenvalue weighted by Gasteiger charge is 2.17.